The highest BCUT2D eigenvalue weighted by molar-refractivity contribution is 5.83. The quantitative estimate of drug-likeness (QED) is 0.656. The molecule has 2 rings (SSSR count). The summed E-state index contributed by atoms with van der Waals surface area (Å²) in [5.74, 6) is -1.04. The van der Waals surface area contributed by atoms with Gasteiger partial charge in [0.15, 0.2) is 0 Å². The number of rotatable bonds is 1. The van der Waals surface area contributed by atoms with Crippen LogP contribution in [0.4, 0.5) is 4.79 Å². The van der Waals surface area contributed by atoms with Crippen molar-refractivity contribution in [3.63, 3.8) is 0 Å². The number of carbonyl (C=O) groups excluding carboxylic acids is 1. The lowest BCUT2D eigenvalue weighted by molar-refractivity contribution is -0.141. The Bertz CT molecular complexity index is 363. The van der Waals surface area contributed by atoms with Gasteiger partial charge in [-0.1, -0.05) is 0 Å². The van der Waals surface area contributed by atoms with Crippen molar-refractivity contribution in [1.82, 2.24) is 14.7 Å². The Morgan fingerprint density at radius 3 is 2.58 bits per heavy atom. The Morgan fingerprint density at radius 1 is 1.16 bits per heavy atom. The molecule has 2 aliphatic rings. The maximum Gasteiger partial charge on any atom is 0.326 e. The molecule has 0 aromatic carbocycles. The lowest BCUT2D eigenvalue weighted by Gasteiger charge is -2.29. The van der Waals surface area contributed by atoms with Gasteiger partial charge in [-0.2, -0.15) is 0 Å². The number of carboxylic acids is 1. The molecule has 2 unspecified atom stereocenters. The summed E-state index contributed by atoms with van der Waals surface area (Å²) >= 11 is 0. The smallest absolute Gasteiger partial charge is 0.326 e. The maximum absolute atomic E-state index is 12.4. The molecule has 0 aromatic rings. The third-order valence-electron chi connectivity index (χ3n) is 3.80. The number of aliphatic hydroxyl groups is 1. The van der Waals surface area contributed by atoms with Gasteiger partial charge in [0.25, 0.3) is 0 Å². The monoisotopic (exact) mass is 271 g/mol. The molecule has 2 aliphatic heterocycles. The van der Waals surface area contributed by atoms with Crippen molar-refractivity contribution in [3.05, 3.63) is 0 Å². The number of nitrogens with zero attached hydrogens (tertiary/aromatic N) is 3. The fourth-order valence-electron chi connectivity index (χ4n) is 2.68. The second kappa shape index (κ2) is 5.75. The highest BCUT2D eigenvalue weighted by atomic mass is 16.4. The number of aliphatic carboxylic acids is 1. The van der Waals surface area contributed by atoms with E-state index in [1.165, 1.54) is 4.90 Å². The van der Waals surface area contributed by atoms with Crippen molar-refractivity contribution < 1.29 is 19.8 Å². The summed E-state index contributed by atoms with van der Waals surface area (Å²) in [6, 6.07) is -1.16. The minimum atomic E-state index is -1.04. The number of carboxylic acid groups (broad SMARTS) is 1. The van der Waals surface area contributed by atoms with Crippen LogP contribution in [0.15, 0.2) is 0 Å². The molecule has 2 heterocycles. The SMILES string of the molecule is CN1CCCN(C(=O)N2CC(O)CC2C(=O)O)CC1. The highest BCUT2D eigenvalue weighted by Crippen LogP contribution is 2.20. The largest absolute Gasteiger partial charge is 0.480 e. The van der Waals surface area contributed by atoms with Gasteiger partial charge in [-0.05, 0) is 20.0 Å². The number of urea groups is 1. The lowest BCUT2D eigenvalue weighted by Crippen LogP contribution is -2.49. The summed E-state index contributed by atoms with van der Waals surface area (Å²) in [6.07, 6.45) is 0.269. The third-order valence-corrected chi connectivity index (χ3v) is 3.80. The van der Waals surface area contributed by atoms with Gasteiger partial charge < -0.3 is 24.9 Å². The first-order valence-electron chi connectivity index (χ1n) is 6.64. The van der Waals surface area contributed by atoms with Crippen molar-refractivity contribution in [2.45, 2.75) is 25.0 Å². The normalized spacial score (nSPS) is 29.4. The standard InChI is InChI=1S/C12H21N3O4/c1-13-3-2-4-14(6-5-13)12(19)15-8-9(16)7-10(15)11(17)18/h9-10,16H,2-8H2,1H3,(H,17,18). The molecule has 0 saturated carbocycles. The number of hydrogen-bond acceptors (Lipinski definition) is 4. The number of aliphatic hydroxyl groups excluding tert-OH is 1. The molecular weight excluding hydrogens is 250 g/mol. The van der Waals surface area contributed by atoms with Crippen LogP contribution in [0.5, 0.6) is 0 Å². The first-order chi connectivity index (χ1) is 8.99. The molecule has 0 aromatic heterocycles. The zero-order chi connectivity index (χ0) is 14.0. The minimum absolute atomic E-state index is 0.113. The van der Waals surface area contributed by atoms with Gasteiger partial charge in [-0.3, -0.25) is 0 Å². The molecule has 2 atom stereocenters. The summed E-state index contributed by atoms with van der Waals surface area (Å²) in [5.41, 5.74) is 0. The van der Waals surface area contributed by atoms with Crippen LogP contribution in [-0.4, -0.2) is 88.8 Å². The Balaban J connectivity index is 2.03. The molecule has 2 amide bonds. The number of likely N-dealkylation sites (N-methyl/N-ethyl adjacent to an activating group) is 1. The van der Waals surface area contributed by atoms with E-state index in [1.54, 1.807) is 4.90 Å². The molecule has 2 fully saturated rings. The van der Waals surface area contributed by atoms with Gasteiger partial charge in [0.1, 0.15) is 6.04 Å². The minimum Gasteiger partial charge on any atom is -0.480 e. The Morgan fingerprint density at radius 2 is 1.89 bits per heavy atom. The number of amides is 2. The van der Waals surface area contributed by atoms with E-state index >= 15 is 0 Å². The number of β-amino-alcohol motifs (C(OH)–C–C–N with tert-alkyl or cyclic N) is 1. The molecule has 7 nitrogen and oxygen atoms in total. The fourth-order valence-corrected chi connectivity index (χ4v) is 2.68. The summed E-state index contributed by atoms with van der Waals surface area (Å²) in [4.78, 5) is 28.6. The maximum atomic E-state index is 12.4. The topological polar surface area (TPSA) is 84.3 Å². The molecule has 0 aliphatic carbocycles. The molecule has 19 heavy (non-hydrogen) atoms. The van der Waals surface area contributed by atoms with Gasteiger partial charge in [-0.25, -0.2) is 9.59 Å². The van der Waals surface area contributed by atoms with E-state index in [2.05, 4.69) is 4.90 Å². The molecule has 2 saturated heterocycles. The summed E-state index contributed by atoms with van der Waals surface area (Å²) in [5, 5.41) is 18.7. The summed E-state index contributed by atoms with van der Waals surface area (Å²) < 4.78 is 0. The molecular formula is C12H21N3O4. The van der Waals surface area contributed by atoms with Crippen molar-refractivity contribution >= 4 is 12.0 Å². The molecule has 0 radical (unpaired) electrons. The van der Waals surface area contributed by atoms with E-state index in [0.717, 1.165) is 19.5 Å². The van der Waals surface area contributed by atoms with Crippen molar-refractivity contribution in [2.24, 2.45) is 0 Å². The van der Waals surface area contributed by atoms with Crippen LogP contribution in [0, 0.1) is 0 Å². The number of carbonyl (C=O) groups is 2. The summed E-state index contributed by atoms with van der Waals surface area (Å²) in [6.45, 7) is 3.09. The predicted molar refractivity (Wildman–Crippen MR) is 67.8 cm³/mol. The Labute approximate surface area is 112 Å². The summed E-state index contributed by atoms with van der Waals surface area (Å²) in [7, 11) is 2.01. The lowest BCUT2D eigenvalue weighted by atomic mass is 10.2. The fraction of sp³-hybridized carbons (Fsp3) is 0.833. The van der Waals surface area contributed by atoms with Gasteiger partial charge in [-0.15, -0.1) is 0 Å². The van der Waals surface area contributed by atoms with Gasteiger partial charge in [0, 0.05) is 32.6 Å². The van der Waals surface area contributed by atoms with E-state index in [-0.39, 0.29) is 19.0 Å². The average molecular weight is 271 g/mol. The van der Waals surface area contributed by atoms with Gasteiger partial charge in [0.2, 0.25) is 0 Å². The third kappa shape index (κ3) is 3.16. The second-order valence-corrected chi connectivity index (χ2v) is 5.32. The van der Waals surface area contributed by atoms with Gasteiger partial charge in [0.05, 0.1) is 6.10 Å². The average Bonchev–Trinajstić information content (AvgIpc) is 2.61. The van der Waals surface area contributed by atoms with Crippen LogP contribution < -0.4 is 0 Å². The number of hydrogen-bond donors (Lipinski definition) is 2. The van der Waals surface area contributed by atoms with Crippen LogP contribution in [0.25, 0.3) is 0 Å². The molecule has 108 valence electrons. The zero-order valence-corrected chi connectivity index (χ0v) is 11.2. The zero-order valence-electron chi connectivity index (χ0n) is 11.2. The predicted octanol–water partition coefficient (Wildman–Crippen LogP) is -0.736. The van der Waals surface area contributed by atoms with E-state index in [9.17, 15) is 14.7 Å². The molecule has 0 spiro atoms. The molecule has 0 bridgehead atoms. The van der Waals surface area contributed by atoms with Crippen LogP contribution in [0.1, 0.15) is 12.8 Å². The molecule has 2 N–H and O–H groups in total. The molecule has 7 heteroatoms. The van der Waals surface area contributed by atoms with Gasteiger partial charge >= 0.3 is 12.0 Å². The van der Waals surface area contributed by atoms with E-state index in [0.29, 0.717) is 13.1 Å². The van der Waals surface area contributed by atoms with E-state index < -0.39 is 18.1 Å². The van der Waals surface area contributed by atoms with Crippen LogP contribution in [0.3, 0.4) is 0 Å². The van der Waals surface area contributed by atoms with E-state index in [1.807, 2.05) is 7.05 Å². The second-order valence-electron chi connectivity index (χ2n) is 5.32. The van der Waals surface area contributed by atoms with Crippen molar-refractivity contribution in [1.29, 1.82) is 0 Å². The highest BCUT2D eigenvalue weighted by Gasteiger charge is 2.40. The first-order valence-corrected chi connectivity index (χ1v) is 6.64. The van der Waals surface area contributed by atoms with Crippen molar-refractivity contribution in [3.8, 4) is 0 Å². The Hall–Kier alpha value is -1.34. The van der Waals surface area contributed by atoms with Crippen LogP contribution in [0.2, 0.25) is 0 Å². The van der Waals surface area contributed by atoms with Crippen LogP contribution in [-0.2, 0) is 4.79 Å². The van der Waals surface area contributed by atoms with Crippen molar-refractivity contribution in [2.75, 3.05) is 39.8 Å². The van der Waals surface area contributed by atoms with Crippen LogP contribution >= 0.6 is 0 Å². The Kier molecular flexibility index (Phi) is 4.26. The van der Waals surface area contributed by atoms with E-state index in [4.69, 9.17) is 5.11 Å². The first kappa shape index (κ1) is 14.1. The number of likely N-dealkylation sites (tertiary alicyclic amines) is 1.